The molecule has 2 aliphatic rings. The van der Waals surface area contributed by atoms with Gasteiger partial charge in [-0.1, -0.05) is 23.2 Å². The zero-order valence-corrected chi connectivity index (χ0v) is 20.2. The number of hydrogen-bond donors (Lipinski definition) is 2. The van der Waals surface area contributed by atoms with Crippen molar-refractivity contribution in [2.24, 2.45) is 0 Å². The van der Waals surface area contributed by atoms with Crippen molar-refractivity contribution in [3.63, 3.8) is 0 Å². The molecule has 0 radical (unpaired) electrons. The highest BCUT2D eigenvalue weighted by Gasteiger charge is 2.17. The van der Waals surface area contributed by atoms with Crippen LogP contribution in [0.1, 0.15) is 13.8 Å². The van der Waals surface area contributed by atoms with Crippen molar-refractivity contribution in [2.45, 2.75) is 19.9 Å². The number of anilines is 3. The van der Waals surface area contributed by atoms with Crippen molar-refractivity contribution < 1.29 is 0 Å². The highest BCUT2D eigenvalue weighted by atomic mass is 35.5. The molecule has 2 N–H and O–H groups in total. The lowest BCUT2D eigenvalue weighted by Crippen LogP contribution is -2.13. The van der Waals surface area contributed by atoms with Crippen LogP contribution >= 0.6 is 23.2 Å². The van der Waals surface area contributed by atoms with Gasteiger partial charge in [-0.15, -0.1) is 0 Å². The van der Waals surface area contributed by atoms with E-state index in [4.69, 9.17) is 28.2 Å². The minimum Gasteiger partial charge on any atom is -0.381 e. The van der Waals surface area contributed by atoms with Gasteiger partial charge in [0.1, 0.15) is 0 Å². The summed E-state index contributed by atoms with van der Waals surface area (Å²) in [5, 5.41) is 8.34. The van der Waals surface area contributed by atoms with Gasteiger partial charge in [0.25, 0.3) is 0 Å². The molecule has 170 valence electrons. The van der Waals surface area contributed by atoms with E-state index in [-0.39, 0.29) is 11.5 Å². The zero-order chi connectivity index (χ0) is 23.8. The Labute approximate surface area is 207 Å². The fourth-order valence-corrected chi connectivity index (χ4v) is 4.22. The quantitative estimate of drug-likeness (QED) is 0.253. The van der Waals surface area contributed by atoms with Crippen molar-refractivity contribution in [2.75, 3.05) is 10.6 Å². The number of benzene rings is 4. The summed E-state index contributed by atoms with van der Waals surface area (Å²) < 4.78 is 2.05. The van der Waals surface area contributed by atoms with Gasteiger partial charge in [0, 0.05) is 33.5 Å². The molecule has 0 spiro atoms. The third kappa shape index (κ3) is 4.45. The Morgan fingerprint density at radius 2 is 1.50 bits per heavy atom. The summed E-state index contributed by atoms with van der Waals surface area (Å²) in [4.78, 5) is 17.1. The fourth-order valence-electron chi connectivity index (χ4n) is 3.97. The number of halogens is 2. The Bertz CT molecular complexity index is 1510. The smallest absolute Gasteiger partial charge is 0.180 e. The summed E-state index contributed by atoms with van der Waals surface area (Å²) in [5.74, 6) is 0. The van der Waals surface area contributed by atoms with Gasteiger partial charge in [0.2, 0.25) is 0 Å². The van der Waals surface area contributed by atoms with Crippen molar-refractivity contribution >= 4 is 51.3 Å². The molecule has 0 saturated carbocycles. The molecular weight excluding hydrogens is 467 g/mol. The Balaban J connectivity index is 1.79. The molecule has 0 amide bonds. The van der Waals surface area contributed by atoms with Gasteiger partial charge in [-0.3, -0.25) is 4.79 Å². The molecular formula is C27H22Cl2N4O. The summed E-state index contributed by atoms with van der Waals surface area (Å²) in [7, 11) is 0. The third-order valence-electron chi connectivity index (χ3n) is 5.44. The van der Waals surface area contributed by atoms with Gasteiger partial charge in [-0.05, 0) is 86.6 Å². The van der Waals surface area contributed by atoms with Gasteiger partial charge >= 0.3 is 0 Å². The highest BCUT2D eigenvalue weighted by molar-refractivity contribution is 6.30. The Hall–Kier alpha value is -3.54. The second-order valence-electron chi connectivity index (χ2n) is 8.39. The first-order valence-corrected chi connectivity index (χ1v) is 11.7. The molecule has 0 saturated heterocycles. The summed E-state index contributed by atoms with van der Waals surface area (Å²) in [6, 6.07) is 24.3. The van der Waals surface area contributed by atoms with E-state index in [0.29, 0.717) is 10.0 Å². The van der Waals surface area contributed by atoms with E-state index >= 15 is 0 Å². The molecule has 1 aliphatic carbocycles. The molecule has 3 aromatic rings. The van der Waals surface area contributed by atoms with Crippen molar-refractivity contribution in [1.82, 2.24) is 9.55 Å². The van der Waals surface area contributed by atoms with E-state index in [9.17, 15) is 4.79 Å². The van der Waals surface area contributed by atoms with E-state index in [0.717, 1.165) is 45.2 Å². The van der Waals surface area contributed by atoms with Gasteiger partial charge in [0.15, 0.2) is 5.43 Å². The molecule has 1 aliphatic heterocycles. The number of nitrogens with one attached hydrogen (secondary N) is 2. The Morgan fingerprint density at radius 3 is 2.18 bits per heavy atom. The lowest BCUT2D eigenvalue weighted by molar-refractivity contribution is 0.900. The predicted octanol–water partition coefficient (Wildman–Crippen LogP) is 7.36. The number of rotatable bonds is 5. The third-order valence-corrected chi connectivity index (χ3v) is 5.94. The van der Waals surface area contributed by atoms with Crippen LogP contribution < -0.4 is 16.1 Å². The first-order chi connectivity index (χ1) is 16.4. The fraction of sp³-hybridized carbons (Fsp3) is 0.111. The Kier molecular flexibility index (Phi) is 5.90. The summed E-state index contributed by atoms with van der Waals surface area (Å²) in [6.45, 7) is 4.18. The number of fused-ring (bicyclic) bond motifs is 2. The first-order valence-electron chi connectivity index (χ1n) is 10.9. The topological polar surface area (TPSA) is 59.0 Å². The molecule has 5 nitrogen and oxygen atoms in total. The zero-order valence-electron chi connectivity index (χ0n) is 18.6. The van der Waals surface area contributed by atoms with Crippen LogP contribution in [0.2, 0.25) is 10.0 Å². The maximum absolute atomic E-state index is 12.3. The van der Waals surface area contributed by atoms with Crippen LogP contribution in [-0.4, -0.2) is 15.6 Å². The van der Waals surface area contributed by atoms with E-state index in [1.807, 2.05) is 59.2 Å². The number of hydrogen-bond acceptors (Lipinski definition) is 4. The minimum absolute atomic E-state index is 0.0714. The largest absolute Gasteiger partial charge is 0.381 e. The number of aromatic nitrogens is 2. The molecule has 1 heterocycles. The highest BCUT2D eigenvalue weighted by Crippen LogP contribution is 2.35. The summed E-state index contributed by atoms with van der Waals surface area (Å²) in [6.07, 6.45) is 0. The average Bonchev–Trinajstić information content (AvgIpc) is 2.80. The molecule has 34 heavy (non-hydrogen) atoms. The molecule has 7 heteroatoms. The Morgan fingerprint density at radius 1 is 0.824 bits per heavy atom. The molecule has 0 atom stereocenters. The van der Waals surface area contributed by atoms with Crippen molar-refractivity contribution in [1.29, 1.82) is 0 Å². The maximum Gasteiger partial charge on any atom is 0.180 e. The van der Waals surface area contributed by atoms with E-state index in [2.05, 4.69) is 30.5 Å². The standard InChI is InChI=1S/C27H22Cl2N4O/c1-16(2)30-24-15-27-25(14-23(24)31-19-7-3-17(28)4-8-19)32-22-12-11-21(34)13-26(22)33(27)20-9-5-18(29)6-10-20/h3-16,30-31H,1-2H3. The van der Waals surface area contributed by atoms with Crippen LogP contribution in [0.4, 0.5) is 17.1 Å². The molecule has 0 aromatic heterocycles. The van der Waals surface area contributed by atoms with Gasteiger partial charge in [0.05, 0.1) is 33.8 Å². The van der Waals surface area contributed by atoms with Crippen LogP contribution in [0.25, 0.3) is 28.1 Å². The maximum atomic E-state index is 12.3. The van der Waals surface area contributed by atoms with E-state index in [1.165, 1.54) is 6.07 Å². The van der Waals surface area contributed by atoms with E-state index in [1.54, 1.807) is 12.1 Å². The van der Waals surface area contributed by atoms with Crippen LogP contribution in [0.3, 0.4) is 0 Å². The van der Waals surface area contributed by atoms with E-state index < -0.39 is 0 Å². The van der Waals surface area contributed by atoms with Crippen LogP contribution in [-0.2, 0) is 0 Å². The summed E-state index contributed by atoms with van der Waals surface area (Å²) in [5.41, 5.74) is 6.65. The normalized spacial score (nSPS) is 11.3. The predicted molar refractivity (Wildman–Crippen MR) is 142 cm³/mol. The SMILES string of the molecule is CC(C)Nc1cc2c(cc1Nc1ccc(Cl)cc1)nc1ccc(=O)cc-1n2-c1ccc(Cl)cc1. The van der Waals surface area contributed by atoms with Crippen molar-refractivity contribution in [3.05, 3.63) is 99.1 Å². The average molecular weight is 489 g/mol. The van der Waals surface area contributed by atoms with Gasteiger partial charge in [-0.25, -0.2) is 4.98 Å². The van der Waals surface area contributed by atoms with Crippen LogP contribution in [0.15, 0.2) is 83.7 Å². The second-order valence-corrected chi connectivity index (χ2v) is 9.26. The number of nitrogens with zero attached hydrogens (tertiary/aromatic N) is 2. The lowest BCUT2D eigenvalue weighted by Gasteiger charge is -2.22. The first kappa shape index (κ1) is 22.3. The molecule has 5 rings (SSSR count). The van der Waals surface area contributed by atoms with Crippen LogP contribution in [0, 0.1) is 0 Å². The van der Waals surface area contributed by atoms with Crippen LogP contribution in [0.5, 0.6) is 0 Å². The molecule has 3 aromatic carbocycles. The van der Waals surface area contributed by atoms with Crippen molar-refractivity contribution in [3.8, 4) is 17.1 Å². The minimum atomic E-state index is -0.0714. The van der Waals surface area contributed by atoms with Gasteiger partial charge in [-0.2, -0.15) is 0 Å². The molecule has 0 unspecified atom stereocenters. The molecule has 0 bridgehead atoms. The second kappa shape index (κ2) is 9.01. The lowest BCUT2D eigenvalue weighted by atomic mass is 10.1. The summed E-state index contributed by atoms with van der Waals surface area (Å²) >= 11 is 12.2. The monoisotopic (exact) mass is 488 g/mol. The molecule has 0 fully saturated rings. The van der Waals surface area contributed by atoms with Gasteiger partial charge < -0.3 is 15.2 Å².